The first-order valence-corrected chi connectivity index (χ1v) is 7.91. The van der Waals surface area contributed by atoms with Gasteiger partial charge in [0.2, 0.25) is 0 Å². The molecule has 2 heterocycles. The summed E-state index contributed by atoms with van der Waals surface area (Å²) < 4.78 is 21.3. The number of rotatable bonds is 5. The van der Waals surface area contributed by atoms with Crippen molar-refractivity contribution in [3.8, 4) is 5.75 Å². The van der Waals surface area contributed by atoms with Crippen LogP contribution in [0.1, 0.15) is 16.8 Å². The second-order valence-corrected chi connectivity index (χ2v) is 5.97. The molecule has 0 amide bonds. The summed E-state index contributed by atoms with van der Waals surface area (Å²) in [7, 11) is 0. The van der Waals surface area contributed by atoms with E-state index in [1.807, 2.05) is 19.2 Å². The molecule has 0 unspecified atom stereocenters. The molecular weight excluding hydrogens is 361 g/mol. The van der Waals surface area contributed by atoms with Crippen LogP contribution >= 0.6 is 15.9 Å². The van der Waals surface area contributed by atoms with E-state index < -0.39 is 0 Å². The van der Waals surface area contributed by atoms with Gasteiger partial charge < -0.3 is 4.74 Å². The molecule has 0 aliphatic carbocycles. The van der Waals surface area contributed by atoms with Crippen LogP contribution in [0.5, 0.6) is 5.75 Å². The van der Waals surface area contributed by atoms with Crippen LogP contribution in [0.25, 0.3) is 0 Å². The van der Waals surface area contributed by atoms with E-state index in [1.54, 1.807) is 29.2 Å². The maximum absolute atomic E-state index is 12.9. The molecule has 0 fully saturated rings. The highest BCUT2D eigenvalue weighted by Crippen LogP contribution is 2.20. The van der Waals surface area contributed by atoms with Crippen molar-refractivity contribution in [1.82, 2.24) is 14.8 Å². The van der Waals surface area contributed by atoms with Gasteiger partial charge in [-0.05, 0) is 52.2 Å². The minimum Gasteiger partial charge on any atom is -0.484 e. The fourth-order valence-electron chi connectivity index (χ4n) is 2.13. The van der Waals surface area contributed by atoms with Gasteiger partial charge in [0.15, 0.2) is 5.75 Å². The molecule has 0 saturated carbocycles. The standard InChI is InChI=1S/C17H15BrFN3O/c1-12-6-7-20-16(17(12)18)11-23-15-8-21-22(10-15)9-13-2-4-14(19)5-3-13/h2-8,10H,9,11H2,1H3. The van der Waals surface area contributed by atoms with Crippen LogP contribution in [-0.2, 0) is 13.2 Å². The topological polar surface area (TPSA) is 39.9 Å². The fourth-order valence-corrected chi connectivity index (χ4v) is 2.48. The van der Waals surface area contributed by atoms with Crippen LogP contribution in [0, 0.1) is 12.7 Å². The smallest absolute Gasteiger partial charge is 0.157 e. The van der Waals surface area contributed by atoms with Crippen molar-refractivity contribution < 1.29 is 9.13 Å². The third-order valence-electron chi connectivity index (χ3n) is 3.40. The minimum absolute atomic E-state index is 0.241. The Labute approximate surface area is 142 Å². The van der Waals surface area contributed by atoms with E-state index in [4.69, 9.17) is 4.74 Å². The molecule has 0 aliphatic rings. The highest BCUT2D eigenvalue weighted by atomic mass is 79.9. The molecular formula is C17H15BrFN3O. The van der Waals surface area contributed by atoms with E-state index in [0.29, 0.717) is 18.9 Å². The number of hydrogen-bond donors (Lipinski definition) is 0. The molecule has 118 valence electrons. The van der Waals surface area contributed by atoms with E-state index in [2.05, 4.69) is 26.0 Å². The van der Waals surface area contributed by atoms with E-state index >= 15 is 0 Å². The average molecular weight is 376 g/mol. The normalized spacial score (nSPS) is 10.7. The molecule has 0 N–H and O–H groups in total. The number of ether oxygens (including phenoxy) is 1. The van der Waals surface area contributed by atoms with Crippen LogP contribution in [0.15, 0.2) is 53.4 Å². The van der Waals surface area contributed by atoms with Gasteiger partial charge in [-0.1, -0.05) is 12.1 Å². The van der Waals surface area contributed by atoms with Gasteiger partial charge in [-0.15, -0.1) is 0 Å². The molecule has 1 aromatic carbocycles. The van der Waals surface area contributed by atoms with Gasteiger partial charge in [-0.2, -0.15) is 5.10 Å². The molecule has 23 heavy (non-hydrogen) atoms. The Morgan fingerprint density at radius 3 is 2.78 bits per heavy atom. The van der Waals surface area contributed by atoms with Crippen molar-refractivity contribution >= 4 is 15.9 Å². The van der Waals surface area contributed by atoms with E-state index in [-0.39, 0.29) is 5.82 Å². The summed E-state index contributed by atoms with van der Waals surface area (Å²) in [6.45, 7) is 2.94. The Kier molecular flexibility index (Phi) is 4.71. The van der Waals surface area contributed by atoms with Gasteiger partial charge in [-0.3, -0.25) is 9.67 Å². The lowest BCUT2D eigenvalue weighted by atomic mass is 10.2. The Morgan fingerprint density at radius 2 is 2.00 bits per heavy atom. The zero-order chi connectivity index (χ0) is 16.2. The lowest BCUT2D eigenvalue weighted by Gasteiger charge is -2.06. The number of benzene rings is 1. The molecule has 4 nitrogen and oxygen atoms in total. The number of aromatic nitrogens is 3. The summed E-state index contributed by atoms with van der Waals surface area (Å²) in [6.07, 6.45) is 5.23. The zero-order valence-electron chi connectivity index (χ0n) is 12.5. The van der Waals surface area contributed by atoms with Crippen molar-refractivity contribution in [3.05, 3.63) is 76.0 Å². The summed E-state index contributed by atoms with van der Waals surface area (Å²) in [4.78, 5) is 4.30. The summed E-state index contributed by atoms with van der Waals surface area (Å²) >= 11 is 3.52. The first-order chi connectivity index (χ1) is 11.1. The van der Waals surface area contributed by atoms with Crippen molar-refractivity contribution in [3.63, 3.8) is 0 Å². The summed E-state index contributed by atoms with van der Waals surface area (Å²) in [6, 6.07) is 8.30. The lowest BCUT2D eigenvalue weighted by Crippen LogP contribution is -2.01. The van der Waals surface area contributed by atoms with Crippen molar-refractivity contribution in [1.29, 1.82) is 0 Å². The number of halogens is 2. The molecule has 0 bridgehead atoms. The van der Waals surface area contributed by atoms with E-state index in [1.165, 1.54) is 12.1 Å². The van der Waals surface area contributed by atoms with Crippen molar-refractivity contribution in [2.24, 2.45) is 0 Å². The predicted molar refractivity (Wildman–Crippen MR) is 88.7 cm³/mol. The Balaban J connectivity index is 1.63. The van der Waals surface area contributed by atoms with Crippen LogP contribution in [0.3, 0.4) is 0 Å². The number of aryl methyl sites for hydroxylation is 1. The van der Waals surface area contributed by atoms with Gasteiger partial charge in [0.1, 0.15) is 12.4 Å². The first-order valence-electron chi connectivity index (χ1n) is 7.11. The van der Waals surface area contributed by atoms with Gasteiger partial charge in [0.05, 0.1) is 24.6 Å². The fraction of sp³-hybridized carbons (Fsp3) is 0.176. The second-order valence-electron chi connectivity index (χ2n) is 5.18. The second kappa shape index (κ2) is 6.91. The molecule has 0 spiro atoms. The summed E-state index contributed by atoms with van der Waals surface area (Å²) in [5.41, 5.74) is 2.94. The van der Waals surface area contributed by atoms with Crippen LogP contribution in [0.2, 0.25) is 0 Å². The number of hydrogen-bond acceptors (Lipinski definition) is 3. The maximum atomic E-state index is 12.9. The molecule has 0 atom stereocenters. The van der Waals surface area contributed by atoms with Crippen LogP contribution in [-0.4, -0.2) is 14.8 Å². The van der Waals surface area contributed by atoms with Gasteiger partial charge in [0, 0.05) is 10.7 Å². The van der Waals surface area contributed by atoms with Gasteiger partial charge in [-0.25, -0.2) is 4.39 Å². The lowest BCUT2D eigenvalue weighted by molar-refractivity contribution is 0.300. The Morgan fingerprint density at radius 1 is 1.22 bits per heavy atom. The number of nitrogens with zero attached hydrogens (tertiary/aromatic N) is 3. The van der Waals surface area contributed by atoms with Gasteiger partial charge in [0.25, 0.3) is 0 Å². The molecule has 3 rings (SSSR count). The molecule has 0 radical (unpaired) electrons. The average Bonchev–Trinajstić information content (AvgIpc) is 2.99. The highest BCUT2D eigenvalue weighted by Gasteiger charge is 2.06. The Hall–Kier alpha value is -2.21. The number of pyridine rings is 1. The van der Waals surface area contributed by atoms with Crippen LogP contribution in [0.4, 0.5) is 4.39 Å². The minimum atomic E-state index is -0.241. The Bertz CT molecular complexity index is 802. The zero-order valence-corrected chi connectivity index (χ0v) is 14.1. The van der Waals surface area contributed by atoms with Crippen LogP contribution < -0.4 is 4.74 Å². The SMILES string of the molecule is Cc1ccnc(COc2cnn(Cc3ccc(F)cc3)c2)c1Br. The molecule has 0 aliphatic heterocycles. The van der Waals surface area contributed by atoms with Crippen molar-refractivity contribution in [2.45, 2.75) is 20.1 Å². The predicted octanol–water partition coefficient (Wildman–Crippen LogP) is 4.12. The van der Waals surface area contributed by atoms with Gasteiger partial charge >= 0.3 is 0 Å². The first kappa shape index (κ1) is 15.7. The quantitative estimate of drug-likeness (QED) is 0.673. The largest absolute Gasteiger partial charge is 0.484 e. The third kappa shape index (κ3) is 3.96. The monoisotopic (exact) mass is 375 g/mol. The van der Waals surface area contributed by atoms with Crippen molar-refractivity contribution in [2.75, 3.05) is 0 Å². The van der Waals surface area contributed by atoms with E-state index in [9.17, 15) is 4.39 Å². The molecule has 2 aromatic heterocycles. The molecule has 3 aromatic rings. The molecule has 6 heteroatoms. The molecule has 0 saturated heterocycles. The highest BCUT2D eigenvalue weighted by molar-refractivity contribution is 9.10. The van der Waals surface area contributed by atoms with E-state index in [0.717, 1.165) is 21.3 Å². The third-order valence-corrected chi connectivity index (χ3v) is 4.48. The maximum Gasteiger partial charge on any atom is 0.157 e. The summed E-state index contributed by atoms with van der Waals surface area (Å²) in [5, 5.41) is 4.25. The summed E-state index contributed by atoms with van der Waals surface area (Å²) in [5.74, 6) is 0.428.